The van der Waals surface area contributed by atoms with Crippen molar-refractivity contribution in [1.82, 2.24) is 9.38 Å². The van der Waals surface area contributed by atoms with Crippen LogP contribution >= 0.6 is 35.2 Å². The van der Waals surface area contributed by atoms with Crippen molar-refractivity contribution in [2.45, 2.75) is 0 Å². The molecule has 0 saturated carbocycles. The summed E-state index contributed by atoms with van der Waals surface area (Å²) < 4.78 is 15.3. The Morgan fingerprint density at radius 2 is 2.08 bits per heavy atom. The minimum Gasteiger partial charge on any atom is -0.321 e. The smallest absolute Gasteiger partial charge is 0.269 e. The van der Waals surface area contributed by atoms with E-state index in [1.54, 1.807) is 28.7 Å². The molecule has 0 atom stereocenters. The number of anilines is 1. The molecule has 5 nitrogen and oxygen atoms in total. The standard InChI is InChI=1S/C17H9ClFN3O2S2/c18-8-4-5-11-12(6-8)22-14(21-15(11)23)13(26-17(22)25)16(24)20-10-3-1-2-9(19)7-10/h1-7H,(H,20,24)(H,21,23). The minimum absolute atomic E-state index is 0.221. The van der Waals surface area contributed by atoms with Crippen LogP contribution in [0.2, 0.25) is 5.02 Å². The Morgan fingerprint density at radius 1 is 1.27 bits per heavy atom. The molecule has 0 saturated heterocycles. The molecule has 4 rings (SSSR count). The molecule has 9 heteroatoms. The van der Waals surface area contributed by atoms with Crippen LogP contribution in [0.5, 0.6) is 0 Å². The maximum Gasteiger partial charge on any atom is 0.269 e. The molecule has 0 aliphatic carbocycles. The monoisotopic (exact) mass is 405 g/mol. The van der Waals surface area contributed by atoms with E-state index in [9.17, 15) is 14.0 Å². The Hall–Kier alpha value is -2.55. The van der Waals surface area contributed by atoms with Gasteiger partial charge in [0.25, 0.3) is 11.5 Å². The number of amides is 1. The highest BCUT2D eigenvalue weighted by Crippen LogP contribution is 2.25. The SMILES string of the molecule is O=C(Nc1cccc(F)c1)c1sc(=S)n2c1[nH]c(=O)c1ccc(Cl)cc12. The third-order valence-electron chi connectivity index (χ3n) is 3.78. The molecule has 26 heavy (non-hydrogen) atoms. The van der Waals surface area contributed by atoms with Gasteiger partial charge in [0.2, 0.25) is 0 Å². The summed E-state index contributed by atoms with van der Waals surface area (Å²) in [6.45, 7) is 0. The number of benzene rings is 2. The van der Waals surface area contributed by atoms with Gasteiger partial charge >= 0.3 is 0 Å². The van der Waals surface area contributed by atoms with E-state index in [1.165, 1.54) is 18.2 Å². The van der Waals surface area contributed by atoms with Crippen molar-refractivity contribution in [2.75, 3.05) is 5.32 Å². The third kappa shape index (κ3) is 2.82. The van der Waals surface area contributed by atoms with Crippen molar-refractivity contribution >= 4 is 63.3 Å². The van der Waals surface area contributed by atoms with Gasteiger partial charge < -0.3 is 10.3 Å². The number of thiazole rings is 1. The lowest BCUT2D eigenvalue weighted by Gasteiger charge is -2.05. The molecule has 0 unspecified atom stereocenters. The molecular formula is C17H9ClFN3O2S2. The number of fused-ring (bicyclic) bond motifs is 3. The summed E-state index contributed by atoms with van der Waals surface area (Å²) in [4.78, 5) is 27.9. The molecule has 0 fully saturated rings. The topological polar surface area (TPSA) is 66.4 Å². The van der Waals surface area contributed by atoms with Crippen molar-refractivity contribution in [2.24, 2.45) is 0 Å². The van der Waals surface area contributed by atoms with E-state index < -0.39 is 11.7 Å². The molecule has 0 radical (unpaired) electrons. The summed E-state index contributed by atoms with van der Waals surface area (Å²) in [7, 11) is 0. The fourth-order valence-corrected chi connectivity index (χ4v) is 4.11. The molecule has 2 N–H and O–H groups in total. The molecule has 0 bridgehead atoms. The van der Waals surface area contributed by atoms with E-state index in [-0.39, 0.29) is 16.1 Å². The van der Waals surface area contributed by atoms with E-state index in [0.717, 1.165) is 11.3 Å². The van der Waals surface area contributed by atoms with Crippen molar-refractivity contribution in [3.05, 3.63) is 72.5 Å². The van der Waals surface area contributed by atoms with E-state index in [4.69, 9.17) is 23.8 Å². The maximum absolute atomic E-state index is 13.3. The average molecular weight is 406 g/mol. The lowest BCUT2D eigenvalue weighted by atomic mass is 10.2. The Bertz CT molecular complexity index is 1310. The van der Waals surface area contributed by atoms with Gasteiger partial charge in [0.1, 0.15) is 16.3 Å². The first kappa shape index (κ1) is 16.9. The molecule has 2 aromatic heterocycles. The maximum atomic E-state index is 13.3. The number of hydrogen-bond acceptors (Lipinski definition) is 4. The second-order valence-electron chi connectivity index (χ2n) is 5.46. The second kappa shape index (κ2) is 6.31. The molecule has 0 aliphatic rings. The van der Waals surface area contributed by atoms with Crippen molar-refractivity contribution in [3.8, 4) is 0 Å². The summed E-state index contributed by atoms with van der Waals surface area (Å²) in [5.41, 5.74) is 0.735. The number of nitrogens with zero attached hydrogens (tertiary/aromatic N) is 1. The van der Waals surface area contributed by atoms with Crippen LogP contribution < -0.4 is 10.9 Å². The molecule has 1 amide bonds. The highest BCUT2D eigenvalue weighted by molar-refractivity contribution is 7.73. The minimum atomic E-state index is -0.494. The van der Waals surface area contributed by atoms with Crippen molar-refractivity contribution in [1.29, 1.82) is 0 Å². The number of halogens is 2. The third-order valence-corrected chi connectivity index (χ3v) is 5.38. The number of aromatic nitrogens is 2. The van der Waals surface area contributed by atoms with E-state index >= 15 is 0 Å². The predicted molar refractivity (Wildman–Crippen MR) is 104 cm³/mol. The quantitative estimate of drug-likeness (QED) is 0.478. The van der Waals surface area contributed by atoms with Gasteiger partial charge in [-0.05, 0) is 48.6 Å². The van der Waals surface area contributed by atoms with Gasteiger partial charge in [-0.3, -0.25) is 14.0 Å². The number of aromatic amines is 1. The van der Waals surface area contributed by atoms with E-state index in [0.29, 0.717) is 25.6 Å². The number of carbonyl (C=O) groups is 1. The van der Waals surface area contributed by atoms with E-state index in [2.05, 4.69) is 10.3 Å². The van der Waals surface area contributed by atoms with Crippen LogP contribution in [0.25, 0.3) is 16.6 Å². The van der Waals surface area contributed by atoms with Gasteiger partial charge in [-0.1, -0.05) is 29.0 Å². The fraction of sp³-hybridized carbons (Fsp3) is 0. The van der Waals surface area contributed by atoms with Crippen LogP contribution in [0.15, 0.2) is 47.3 Å². The van der Waals surface area contributed by atoms with Crippen LogP contribution in [0.1, 0.15) is 9.67 Å². The molecule has 130 valence electrons. The van der Waals surface area contributed by atoms with Gasteiger partial charge in [-0.25, -0.2) is 4.39 Å². The summed E-state index contributed by atoms with van der Waals surface area (Å²) in [6, 6.07) is 10.4. The number of hydrogen-bond donors (Lipinski definition) is 2. The van der Waals surface area contributed by atoms with Crippen LogP contribution in [0.4, 0.5) is 10.1 Å². The van der Waals surface area contributed by atoms with Gasteiger partial charge in [-0.2, -0.15) is 0 Å². The van der Waals surface area contributed by atoms with Gasteiger partial charge in [0.05, 0.1) is 10.9 Å². The first-order valence-corrected chi connectivity index (χ1v) is 8.98. The Kier molecular flexibility index (Phi) is 4.10. The van der Waals surface area contributed by atoms with Gasteiger partial charge in [0.15, 0.2) is 3.95 Å². The zero-order valence-corrected chi connectivity index (χ0v) is 15.3. The highest BCUT2D eigenvalue weighted by Gasteiger charge is 2.18. The highest BCUT2D eigenvalue weighted by atomic mass is 35.5. The van der Waals surface area contributed by atoms with Gasteiger partial charge in [-0.15, -0.1) is 0 Å². The van der Waals surface area contributed by atoms with Crippen LogP contribution in [0.3, 0.4) is 0 Å². The molecule has 2 aromatic carbocycles. The van der Waals surface area contributed by atoms with Crippen LogP contribution in [-0.4, -0.2) is 15.3 Å². The van der Waals surface area contributed by atoms with Crippen molar-refractivity contribution < 1.29 is 9.18 Å². The molecule has 0 aliphatic heterocycles. The largest absolute Gasteiger partial charge is 0.321 e. The summed E-state index contributed by atoms with van der Waals surface area (Å²) in [6.07, 6.45) is 0. The average Bonchev–Trinajstić information content (AvgIpc) is 2.91. The molecular weight excluding hydrogens is 397 g/mol. The summed E-state index contributed by atoms with van der Waals surface area (Å²) in [5, 5.41) is 3.46. The second-order valence-corrected chi connectivity index (χ2v) is 7.54. The molecule has 4 aromatic rings. The van der Waals surface area contributed by atoms with Crippen LogP contribution in [-0.2, 0) is 0 Å². The first-order valence-electron chi connectivity index (χ1n) is 7.38. The Morgan fingerprint density at radius 3 is 2.85 bits per heavy atom. The first-order chi connectivity index (χ1) is 12.4. The lowest BCUT2D eigenvalue weighted by Crippen LogP contribution is -2.15. The number of carbonyl (C=O) groups excluding carboxylic acids is 1. The summed E-state index contributed by atoms with van der Waals surface area (Å²) >= 11 is 12.5. The number of H-pyrrole nitrogens is 1. The number of nitrogens with one attached hydrogen (secondary N) is 2. The molecule has 0 spiro atoms. The Balaban J connectivity index is 1.91. The zero-order valence-electron chi connectivity index (χ0n) is 12.9. The predicted octanol–water partition coefficient (Wildman–Crippen LogP) is 4.62. The fourth-order valence-electron chi connectivity index (χ4n) is 2.67. The lowest BCUT2D eigenvalue weighted by molar-refractivity contribution is 0.103. The normalized spacial score (nSPS) is 11.2. The van der Waals surface area contributed by atoms with E-state index in [1.807, 2.05) is 0 Å². The Labute approximate surface area is 159 Å². The molecule has 2 heterocycles. The van der Waals surface area contributed by atoms with Crippen LogP contribution in [0, 0.1) is 9.77 Å². The van der Waals surface area contributed by atoms with Gasteiger partial charge in [0, 0.05) is 10.7 Å². The number of rotatable bonds is 2. The summed E-state index contributed by atoms with van der Waals surface area (Å²) in [5.74, 6) is -0.961. The van der Waals surface area contributed by atoms with Crippen molar-refractivity contribution in [3.63, 3.8) is 0 Å². The zero-order chi connectivity index (χ0) is 18.4.